The van der Waals surface area contributed by atoms with Crippen molar-refractivity contribution >= 4 is 105 Å². The van der Waals surface area contributed by atoms with Gasteiger partial charge in [0.15, 0.2) is 0 Å². The zero-order chi connectivity index (χ0) is 25.4. The third-order valence-electron chi connectivity index (χ3n) is 7.14. The van der Waals surface area contributed by atoms with Crippen LogP contribution in [0, 0.1) is 0 Å². The normalized spacial score (nSPS) is 13.5. The van der Waals surface area contributed by atoms with Crippen molar-refractivity contribution in [2.75, 3.05) is 0 Å². The minimum Gasteiger partial charge on any atom is -0.112 e. The Hall–Kier alpha value is -2.38. The minimum absolute atomic E-state index is 0.141. The number of rotatable bonds is 2. The molecular weight excluding hydrogens is 435 g/mol. The molecule has 8 heteroatoms. The second-order valence-electron chi connectivity index (χ2n) is 9.45. The summed E-state index contributed by atoms with van der Waals surface area (Å²) in [6, 6.07) is 15.7. The fourth-order valence-corrected chi connectivity index (χ4v) is 5.52. The molecule has 0 atom stereocenters. The smallest absolute Gasteiger partial charge is 0.112 e. The number of halogens is 1. The molecule has 0 fully saturated rings. The minimum atomic E-state index is -0.528. The summed E-state index contributed by atoms with van der Waals surface area (Å²) in [6.45, 7) is 4.22. The van der Waals surface area contributed by atoms with Gasteiger partial charge in [-0.1, -0.05) is 83.7 Å². The van der Waals surface area contributed by atoms with Gasteiger partial charge in [-0.3, -0.25) is 0 Å². The molecule has 4 aromatic rings. The van der Waals surface area contributed by atoms with Crippen molar-refractivity contribution in [3.05, 3.63) is 64.7 Å². The van der Waals surface area contributed by atoms with E-state index in [0.29, 0.717) is 27.1 Å². The first kappa shape index (κ1) is 24.3. The average Bonchev–Trinajstić information content (AvgIpc) is 3.06. The highest BCUT2D eigenvalue weighted by atomic mass is 35.5. The Labute approximate surface area is 221 Å². The molecule has 0 saturated heterocycles. The maximum atomic E-state index is 6.81. The van der Waals surface area contributed by atoms with E-state index < -0.39 is 5.41 Å². The zero-order valence-corrected chi connectivity index (χ0v) is 20.3. The Kier molecular flexibility index (Phi) is 5.80. The highest BCUT2D eigenvalue weighted by Gasteiger charge is 2.41. The molecule has 0 unspecified atom stereocenters. The van der Waals surface area contributed by atoms with E-state index in [1.807, 2.05) is 48.5 Å². The second-order valence-corrected chi connectivity index (χ2v) is 9.89. The summed E-state index contributed by atoms with van der Waals surface area (Å²) >= 11 is 6.44. The lowest BCUT2D eigenvalue weighted by molar-refractivity contribution is 0.663. The third kappa shape index (κ3) is 3.38. The van der Waals surface area contributed by atoms with Crippen LogP contribution in [0.3, 0.4) is 0 Å². The Morgan fingerprint density at radius 1 is 0.571 bits per heavy atom. The molecule has 0 aromatic heterocycles. The fourth-order valence-electron chi connectivity index (χ4n) is 5.35. The molecule has 5 rings (SSSR count). The summed E-state index contributed by atoms with van der Waals surface area (Å²) < 4.78 is 0. The first-order valence-electron chi connectivity index (χ1n) is 11.1. The SMILES string of the molecule is [B]c1c([B])c([B])c(-c2c([B])c([B])c(-c3ccccc3)c3c2C(C)(C)c2cc(Cl)ccc2-3)c([B])c1[B]. The van der Waals surface area contributed by atoms with Crippen molar-refractivity contribution in [3.63, 3.8) is 0 Å². The molecule has 0 spiro atoms. The summed E-state index contributed by atoms with van der Waals surface area (Å²) in [5.74, 6) is 0. The van der Waals surface area contributed by atoms with Crippen LogP contribution >= 0.6 is 11.6 Å². The summed E-state index contributed by atoms with van der Waals surface area (Å²) in [5, 5.41) is 0.633. The quantitative estimate of drug-likeness (QED) is 0.364. The van der Waals surface area contributed by atoms with Gasteiger partial charge in [-0.15, -0.1) is 16.4 Å². The van der Waals surface area contributed by atoms with Crippen LogP contribution < -0.4 is 38.2 Å². The van der Waals surface area contributed by atoms with Crippen molar-refractivity contribution in [2.24, 2.45) is 0 Å². The highest BCUT2D eigenvalue weighted by molar-refractivity contribution is 6.69. The van der Waals surface area contributed by atoms with Crippen LogP contribution in [0.4, 0.5) is 0 Å². The Morgan fingerprint density at radius 3 is 1.69 bits per heavy atom. The van der Waals surface area contributed by atoms with E-state index >= 15 is 0 Å². The van der Waals surface area contributed by atoms with E-state index in [9.17, 15) is 0 Å². The number of hydrogen-bond donors (Lipinski definition) is 0. The van der Waals surface area contributed by atoms with E-state index in [2.05, 4.69) is 13.8 Å². The van der Waals surface area contributed by atoms with Crippen molar-refractivity contribution in [3.8, 4) is 33.4 Å². The molecule has 4 aromatic carbocycles. The average molecular weight is 450 g/mol. The summed E-state index contributed by atoms with van der Waals surface area (Å²) in [7, 11) is 45.2. The standard InChI is InChI=1S/C27H14B7Cl/c1-27(2)14-10-12(35)8-9-13(14)16-15(11-6-4-3-5-7-11)20(28)21(29)17(19(16)27)18-22(30)24(32)26(34)25(33)23(18)31/h3-10H,1-2H3. The van der Waals surface area contributed by atoms with Crippen LogP contribution in [0.15, 0.2) is 48.5 Å². The Morgan fingerprint density at radius 2 is 1.09 bits per heavy atom. The van der Waals surface area contributed by atoms with Crippen LogP contribution in [-0.2, 0) is 5.41 Å². The van der Waals surface area contributed by atoms with Gasteiger partial charge in [-0.25, -0.2) is 0 Å². The van der Waals surface area contributed by atoms with Crippen LogP contribution in [0.1, 0.15) is 25.0 Å². The van der Waals surface area contributed by atoms with Gasteiger partial charge in [0, 0.05) is 10.4 Å². The lowest BCUT2D eigenvalue weighted by atomic mass is 9.57. The molecule has 0 nitrogen and oxygen atoms in total. The molecular formula is C27H14B7Cl. The Balaban J connectivity index is 2.04. The maximum Gasteiger partial charge on any atom is 0.113 e. The zero-order valence-electron chi connectivity index (χ0n) is 19.5. The van der Waals surface area contributed by atoms with E-state index in [1.54, 1.807) is 0 Å². The number of fused-ring (bicyclic) bond motifs is 3. The molecule has 0 N–H and O–H groups in total. The van der Waals surface area contributed by atoms with E-state index in [4.69, 9.17) is 66.5 Å². The summed E-state index contributed by atoms with van der Waals surface area (Å²) in [5.41, 5.74) is 7.82. The molecule has 35 heavy (non-hydrogen) atoms. The van der Waals surface area contributed by atoms with Gasteiger partial charge in [-0.2, -0.15) is 0 Å². The molecule has 1 aliphatic carbocycles. The monoisotopic (exact) mass is 450 g/mol. The fraction of sp³-hybridized carbons (Fsp3) is 0.111. The van der Waals surface area contributed by atoms with Crippen LogP contribution in [0.2, 0.25) is 5.02 Å². The van der Waals surface area contributed by atoms with Gasteiger partial charge in [0.2, 0.25) is 0 Å². The van der Waals surface area contributed by atoms with Gasteiger partial charge in [0.1, 0.15) is 54.9 Å². The van der Waals surface area contributed by atoms with Crippen LogP contribution in [-0.4, -0.2) is 54.9 Å². The maximum absolute atomic E-state index is 6.81. The lowest BCUT2D eigenvalue weighted by Crippen LogP contribution is -2.56. The van der Waals surface area contributed by atoms with E-state index in [-0.39, 0.29) is 27.3 Å². The molecule has 1 aliphatic rings. The van der Waals surface area contributed by atoms with Gasteiger partial charge in [0.05, 0.1) is 0 Å². The van der Waals surface area contributed by atoms with Crippen molar-refractivity contribution in [1.29, 1.82) is 0 Å². The molecule has 150 valence electrons. The third-order valence-corrected chi connectivity index (χ3v) is 7.38. The number of hydrogen-bond acceptors (Lipinski definition) is 0. The summed E-state index contributed by atoms with van der Waals surface area (Å²) in [6.07, 6.45) is 0. The molecule has 0 heterocycles. The predicted molar refractivity (Wildman–Crippen MR) is 158 cm³/mol. The van der Waals surface area contributed by atoms with Crippen LogP contribution in [0.5, 0.6) is 0 Å². The highest BCUT2D eigenvalue weighted by Crippen LogP contribution is 2.54. The topological polar surface area (TPSA) is 0 Å². The lowest BCUT2D eigenvalue weighted by Gasteiger charge is -2.32. The largest absolute Gasteiger partial charge is 0.113 e. The number of benzene rings is 4. The van der Waals surface area contributed by atoms with E-state index in [0.717, 1.165) is 33.4 Å². The van der Waals surface area contributed by atoms with Crippen molar-refractivity contribution < 1.29 is 0 Å². The van der Waals surface area contributed by atoms with Crippen molar-refractivity contribution in [1.82, 2.24) is 0 Å². The first-order valence-corrected chi connectivity index (χ1v) is 11.5. The van der Waals surface area contributed by atoms with Gasteiger partial charge >= 0.3 is 0 Å². The van der Waals surface area contributed by atoms with Gasteiger partial charge in [-0.05, 0) is 56.6 Å². The second kappa shape index (κ2) is 8.34. The van der Waals surface area contributed by atoms with Gasteiger partial charge in [0.25, 0.3) is 0 Å². The molecule has 0 aliphatic heterocycles. The molecule has 0 amide bonds. The van der Waals surface area contributed by atoms with Crippen LogP contribution in [0.25, 0.3) is 33.4 Å². The summed E-state index contributed by atoms with van der Waals surface area (Å²) in [4.78, 5) is 0. The van der Waals surface area contributed by atoms with Crippen molar-refractivity contribution in [2.45, 2.75) is 19.3 Å². The molecule has 14 radical (unpaired) electrons. The molecule has 0 saturated carbocycles. The predicted octanol–water partition coefficient (Wildman–Crippen LogP) is -0.463. The first-order chi connectivity index (χ1) is 16.5. The Bertz CT molecular complexity index is 1510. The van der Waals surface area contributed by atoms with Gasteiger partial charge < -0.3 is 0 Å². The van der Waals surface area contributed by atoms with E-state index in [1.165, 1.54) is 0 Å². The molecule has 0 bridgehead atoms.